The van der Waals surface area contributed by atoms with Gasteiger partial charge < -0.3 is 15.6 Å². The molecule has 0 atom stereocenters. The summed E-state index contributed by atoms with van der Waals surface area (Å²) < 4.78 is 5.79. The topological polar surface area (TPSA) is 79.3 Å². The number of aliphatic hydroxyl groups excluding tert-OH is 1. The van der Waals surface area contributed by atoms with Crippen molar-refractivity contribution < 1.29 is 9.84 Å². The first-order valence-corrected chi connectivity index (χ1v) is 5.93. The van der Waals surface area contributed by atoms with Crippen LogP contribution in [0.1, 0.15) is 16.7 Å². The number of hydrogen-bond donors (Lipinski definition) is 3. The van der Waals surface area contributed by atoms with Crippen LogP contribution < -0.4 is 10.5 Å². The molecule has 0 aliphatic heterocycles. The van der Waals surface area contributed by atoms with E-state index in [0.717, 1.165) is 5.56 Å². The molecular weight excluding hydrogens is 240 g/mol. The van der Waals surface area contributed by atoms with Crippen molar-refractivity contribution in [2.24, 2.45) is 5.73 Å². The van der Waals surface area contributed by atoms with Crippen LogP contribution in [0.5, 0.6) is 11.5 Å². The molecule has 0 spiro atoms. The van der Waals surface area contributed by atoms with Gasteiger partial charge in [-0.15, -0.1) is 0 Å². The molecule has 0 saturated carbocycles. The van der Waals surface area contributed by atoms with E-state index in [4.69, 9.17) is 15.9 Å². The van der Waals surface area contributed by atoms with Crippen LogP contribution in [0.3, 0.4) is 0 Å². The summed E-state index contributed by atoms with van der Waals surface area (Å²) in [5.41, 5.74) is 7.79. The average Bonchev–Trinajstić information content (AvgIpc) is 2.39. The van der Waals surface area contributed by atoms with Gasteiger partial charge in [-0.1, -0.05) is 24.3 Å². The van der Waals surface area contributed by atoms with Crippen molar-refractivity contribution in [3.05, 3.63) is 59.2 Å². The summed E-state index contributed by atoms with van der Waals surface area (Å²) in [7, 11) is 0. The minimum atomic E-state index is -0.0998. The molecule has 0 aliphatic carbocycles. The fourth-order valence-electron chi connectivity index (χ4n) is 1.79. The normalized spacial score (nSPS) is 10.2. The molecule has 0 amide bonds. The molecule has 2 rings (SSSR count). The molecule has 0 aromatic heterocycles. The maximum Gasteiger partial charge on any atom is 0.138 e. The Hall–Kier alpha value is -2.33. The van der Waals surface area contributed by atoms with E-state index in [0.29, 0.717) is 22.6 Å². The molecule has 4 nitrogen and oxygen atoms in total. The van der Waals surface area contributed by atoms with E-state index >= 15 is 0 Å². The largest absolute Gasteiger partial charge is 0.456 e. The monoisotopic (exact) mass is 256 g/mol. The molecule has 2 aromatic rings. The van der Waals surface area contributed by atoms with Gasteiger partial charge >= 0.3 is 0 Å². The highest BCUT2D eigenvalue weighted by Gasteiger charge is 2.10. The van der Waals surface area contributed by atoms with Crippen molar-refractivity contribution in [3.63, 3.8) is 0 Å². The Bertz CT molecular complexity index is 609. The van der Waals surface area contributed by atoms with E-state index in [-0.39, 0.29) is 12.4 Å². The van der Waals surface area contributed by atoms with Gasteiger partial charge in [-0.05, 0) is 30.7 Å². The fourth-order valence-corrected chi connectivity index (χ4v) is 1.79. The first kappa shape index (κ1) is 13.1. The number of amidine groups is 1. The number of nitrogens with one attached hydrogen (secondary N) is 1. The molecule has 0 fully saturated rings. The Morgan fingerprint density at radius 2 is 1.95 bits per heavy atom. The summed E-state index contributed by atoms with van der Waals surface area (Å²) >= 11 is 0. The summed E-state index contributed by atoms with van der Waals surface area (Å²) in [4.78, 5) is 0. The van der Waals surface area contributed by atoms with Gasteiger partial charge in [0.25, 0.3) is 0 Å². The van der Waals surface area contributed by atoms with Crippen LogP contribution in [0.25, 0.3) is 0 Å². The molecule has 0 saturated heterocycles. The second-order valence-corrected chi connectivity index (χ2v) is 4.28. The molecule has 0 aliphatic rings. The van der Waals surface area contributed by atoms with E-state index in [1.54, 1.807) is 18.2 Å². The molecule has 4 heteroatoms. The highest BCUT2D eigenvalue weighted by atomic mass is 16.5. The molecule has 2 aromatic carbocycles. The third-order valence-electron chi connectivity index (χ3n) is 2.79. The van der Waals surface area contributed by atoms with Gasteiger partial charge in [-0.25, -0.2) is 0 Å². The smallest absolute Gasteiger partial charge is 0.138 e. The standard InChI is InChI=1S/C15H16N2O2/c1-10-6-7-12(15(16)17)14(8-10)19-13-5-3-2-4-11(13)9-18/h2-8,18H,9H2,1H3,(H3,16,17). The Morgan fingerprint density at radius 1 is 1.21 bits per heavy atom. The van der Waals surface area contributed by atoms with Crippen LogP contribution in [0.2, 0.25) is 0 Å². The van der Waals surface area contributed by atoms with Crippen LogP contribution in [0, 0.1) is 12.3 Å². The first-order valence-electron chi connectivity index (χ1n) is 5.93. The van der Waals surface area contributed by atoms with Crippen LogP contribution >= 0.6 is 0 Å². The van der Waals surface area contributed by atoms with Crippen molar-refractivity contribution in [1.29, 1.82) is 5.41 Å². The second kappa shape index (κ2) is 5.54. The number of nitrogen functional groups attached to an aromatic ring is 1. The van der Waals surface area contributed by atoms with Gasteiger partial charge in [-0.2, -0.15) is 0 Å². The lowest BCUT2D eigenvalue weighted by Gasteiger charge is -2.13. The molecule has 0 heterocycles. The first-order chi connectivity index (χ1) is 9.11. The van der Waals surface area contributed by atoms with Gasteiger partial charge in [0.15, 0.2) is 0 Å². The second-order valence-electron chi connectivity index (χ2n) is 4.28. The molecular formula is C15H16N2O2. The SMILES string of the molecule is Cc1ccc(C(=N)N)c(Oc2ccccc2CO)c1. The molecule has 0 bridgehead atoms. The maximum absolute atomic E-state index is 9.28. The zero-order chi connectivity index (χ0) is 13.8. The summed E-state index contributed by atoms with van der Waals surface area (Å²) in [6, 6.07) is 12.7. The number of hydrogen-bond acceptors (Lipinski definition) is 3. The molecule has 0 radical (unpaired) electrons. The van der Waals surface area contributed by atoms with Gasteiger partial charge in [0.05, 0.1) is 12.2 Å². The summed E-state index contributed by atoms with van der Waals surface area (Å²) in [5.74, 6) is 1.04. The van der Waals surface area contributed by atoms with Crippen LogP contribution in [0.15, 0.2) is 42.5 Å². The predicted molar refractivity (Wildman–Crippen MR) is 74.6 cm³/mol. The minimum Gasteiger partial charge on any atom is -0.456 e. The lowest BCUT2D eigenvalue weighted by atomic mass is 10.1. The third-order valence-corrected chi connectivity index (χ3v) is 2.79. The Morgan fingerprint density at radius 3 is 2.63 bits per heavy atom. The molecule has 98 valence electrons. The summed E-state index contributed by atoms with van der Waals surface area (Å²) in [5, 5.41) is 16.8. The van der Waals surface area contributed by atoms with Crippen molar-refractivity contribution in [2.45, 2.75) is 13.5 Å². The Kier molecular flexibility index (Phi) is 3.82. The molecule has 4 N–H and O–H groups in total. The van der Waals surface area contributed by atoms with Crippen LogP contribution in [-0.4, -0.2) is 10.9 Å². The van der Waals surface area contributed by atoms with E-state index < -0.39 is 0 Å². The maximum atomic E-state index is 9.28. The van der Waals surface area contributed by atoms with Gasteiger partial charge in [0.1, 0.15) is 17.3 Å². The van der Waals surface area contributed by atoms with Crippen LogP contribution in [0.4, 0.5) is 0 Å². The zero-order valence-corrected chi connectivity index (χ0v) is 10.7. The van der Waals surface area contributed by atoms with E-state index in [2.05, 4.69) is 0 Å². The number of rotatable bonds is 4. The Labute approximate surface area is 112 Å². The summed E-state index contributed by atoms with van der Waals surface area (Å²) in [6.45, 7) is 1.84. The van der Waals surface area contributed by atoms with E-state index in [1.807, 2.05) is 31.2 Å². The van der Waals surface area contributed by atoms with Crippen molar-refractivity contribution >= 4 is 5.84 Å². The summed E-state index contributed by atoms with van der Waals surface area (Å²) in [6.07, 6.45) is 0. The van der Waals surface area contributed by atoms with Crippen molar-refractivity contribution in [2.75, 3.05) is 0 Å². The quantitative estimate of drug-likeness (QED) is 0.581. The van der Waals surface area contributed by atoms with Crippen molar-refractivity contribution in [3.8, 4) is 11.5 Å². The molecule has 0 unspecified atom stereocenters. The predicted octanol–water partition coefficient (Wildman–Crippen LogP) is 2.56. The van der Waals surface area contributed by atoms with E-state index in [1.165, 1.54) is 0 Å². The highest BCUT2D eigenvalue weighted by Crippen LogP contribution is 2.28. The van der Waals surface area contributed by atoms with Crippen LogP contribution in [-0.2, 0) is 6.61 Å². The minimum absolute atomic E-state index is 0.0449. The van der Waals surface area contributed by atoms with Gasteiger partial charge in [0.2, 0.25) is 0 Å². The number of ether oxygens (including phenoxy) is 1. The lowest BCUT2D eigenvalue weighted by Crippen LogP contribution is -2.12. The third kappa shape index (κ3) is 2.92. The number of benzene rings is 2. The lowest BCUT2D eigenvalue weighted by molar-refractivity contribution is 0.276. The number of nitrogens with two attached hydrogens (primary N) is 1. The number of para-hydroxylation sites is 1. The fraction of sp³-hybridized carbons (Fsp3) is 0.133. The highest BCUT2D eigenvalue weighted by molar-refractivity contribution is 5.97. The number of aliphatic hydroxyl groups is 1. The number of aryl methyl sites for hydroxylation is 1. The van der Waals surface area contributed by atoms with E-state index in [9.17, 15) is 5.11 Å². The van der Waals surface area contributed by atoms with Crippen molar-refractivity contribution in [1.82, 2.24) is 0 Å². The average molecular weight is 256 g/mol. The molecule has 19 heavy (non-hydrogen) atoms. The Balaban J connectivity index is 2.42. The van der Waals surface area contributed by atoms with Gasteiger partial charge in [-0.3, -0.25) is 5.41 Å². The zero-order valence-electron chi connectivity index (χ0n) is 10.7. The van der Waals surface area contributed by atoms with Gasteiger partial charge in [0, 0.05) is 5.56 Å².